The van der Waals surface area contributed by atoms with E-state index in [2.05, 4.69) is 41.7 Å². The highest BCUT2D eigenvalue weighted by molar-refractivity contribution is 5.32. The van der Waals surface area contributed by atoms with Crippen LogP contribution >= 0.6 is 0 Å². The van der Waals surface area contributed by atoms with Crippen molar-refractivity contribution in [2.45, 2.75) is 25.6 Å². The van der Waals surface area contributed by atoms with Gasteiger partial charge in [-0.15, -0.1) is 0 Å². The molecule has 0 saturated carbocycles. The fraction of sp³-hybridized carbons (Fsp3) is 0.350. The minimum Gasteiger partial charge on any atom is -0.372 e. The van der Waals surface area contributed by atoms with E-state index in [4.69, 9.17) is 10.00 Å². The summed E-state index contributed by atoms with van der Waals surface area (Å²) >= 11 is 0. The molecule has 1 unspecified atom stereocenters. The lowest BCUT2D eigenvalue weighted by atomic mass is 9.91. The van der Waals surface area contributed by atoms with Gasteiger partial charge < -0.3 is 10.1 Å². The van der Waals surface area contributed by atoms with Crippen molar-refractivity contribution >= 4 is 0 Å². The van der Waals surface area contributed by atoms with E-state index in [1.807, 2.05) is 24.3 Å². The van der Waals surface area contributed by atoms with Gasteiger partial charge in [0.2, 0.25) is 0 Å². The third kappa shape index (κ3) is 4.66. The first-order valence-electron chi connectivity index (χ1n) is 8.19. The maximum atomic E-state index is 8.95. The zero-order valence-corrected chi connectivity index (χ0v) is 13.2. The van der Waals surface area contributed by atoms with Crippen molar-refractivity contribution in [3.05, 3.63) is 71.3 Å². The first-order chi connectivity index (χ1) is 11.3. The monoisotopic (exact) mass is 306 g/mol. The van der Waals surface area contributed by atoms with Crippen molar-refractivity contribution < 1.29 is 4.74 Å². The zero-order valence-electron chi connectivity index (χ0n) is 13.2. The third-order valence-electron chi connectivity index (χ3n) is 4.31. The van der Waals surface area contributed by atoms with Crippen LogP contribution in [0.25, 0.3) is 0 Å². The fourth-order valence-corrected chi connectivity index (χ4v) is 3.16. The molecule has 0 aliphatic carbocycles. The van der Waals surface area contributed by atoms with Crippen molar-refractivity contribution in [2.24, 2.45) is 5.92 Å². The molecule has 3 rings (SSSR count). The van der Waals surface area contributed by atoms with Crippen LogP contribution in [-0.2, 0) is 17.8 Å². The number of hydrogen-bond donors (Lipinski definition) is 1. The summed E-state index contributed by atoms with van der Waals surface area (Å²) in [6, 6.07) is 20.5. The molecule has 2 aromatic rings. The lowest BCUT2D eigenvalue weighted by molar-refractivity contribution is 0.0114. The lowest BCUT2D eigenvalue weighted by Crippen LogP contribution is -2.41. The molecule has 0 radical (unpaired) electrons. The van der Waals surface area contributed by atoms with Gasteiger partial charge in [0.25, 0.3) is 0 Å². The molecule has 2 atom stereocenters. The highest BCUT2D eigenvalue weighted by Crippen LogP contribution is 2.19. The molecule has 1 N–H and O–H groups in total. The first-order valence-corrected chi connectivity index (χ1v) is 8.19. The zero-order chi connectivity index (χ0) is 15.9. The van der Waals surface area contributed by atoms with Crippen LogP contribution in [-0.4, -0.2) is 19.2 Å². The Balaban J connectivity index is 1.51. The second kappa shape index (κ2) is 7.92. The molecule has 0 bridgehead atoms. The summed E-state index contributed by atoms with van der Waals surface area (Å²) in [5.74, 6) is 0.613. The Morgan fingerprint density at radius 2 is 1.87 bits per heavy atom. The standard InChI is InChI=1S/C20H22N2O/c21-12-17-7-4-8-18(10-17)15-23-20-11-19(13-22-14-20)9-16-5-2-1-3-6-16/h1-8,10,19-20,22H,9,11,13-15H2/t19?,20-/m1/s1. The van der Waals surface area contributed by atoms with Gasteiger partial charge in [-0.3, -0.25) is 0 Å². The van der Waals surface area contributed by atoms with Gasteiger partial charge in [0.05, 0.1) is 24.3 Å². The molecule has 3 heteroatoms. The predicted octanol–water partition coefficient (Wildman–Crippen LogP) is 3.30. The van der Waals surface area contributed by atoms with Gasteiger partial charge in [-0.2, -0.15) is 5.26 Å². The molecule has 118 valence electrons. The first kappa shape index (κ1) is 15.7. The number of ether oxygens (including phenoxy) is 1. The Morgan fingerprint density at radius 3 is 2.70 bits per heavy atom. The number of rotatable bonds is 5. The Labute approximate surface area is 137 Å². The van der Waals surface area contributed by atoms with Crippen LogP contribution in [0.15, 0.2) is 54.6 Å². The van der Waals surface area contributed by atoms with Crippen LogP contribution in [0.2, 0.25) is 0 Å². The number of nitrogens with zero attached hydrogens (tertiary/aromatic N) is 1. The van der Waals surface area contributed by atoms with Gasteiger partial charge in [0.1, 0.15) is 0 Å². The molecule has 2 aromatic carbocycles. The quantitative estimate of drug-likeness (QED) is 0.922. The van der Waals surface area contributed by atoms with E-state index in [0.29, 0.717) is 18.1 Å². The average molecular weight is 306 g/mol. The van der Waals surface area contributed by atoms with Crippen molar-refractivity contribution in [3.63, 3.8) is 0 Å². The highest BCUT2D eigenvalue weighted by Gasteiger charge is 2.22. The fourth-order valence-electron chi connectivity index (χ4n) is 3.16. The van der Waals surface area contributed by atoms with E-state index < -0.39 is 0 Å². The number of nitriles is 1. The lowest BCUT2D eigenvalue weighted by Gasteiger charge is -2.30. The predicted molar refractivity (Wildman–Crippen MR) is 90.9 cm³/mol. The molecule has 0 spiro atoms. The van der Waals surface area contributed by atoms with Crippen LogP contribution in [0.3, 0.4) is 0 Å². The van der Waals surface area contributed by atoms with Crippen molar-refractivity contribution in [1.29, 1.82) is 5.26 Å². The normalized spacial score (nSPS) is 20.8. The summed E-state index contributed by atoms with van der Waals surface area (Å²) in [5, 5.41) is 12.4. The van der Waals surface area contributed by atoms with Gasteiger partial charge in [0, 0.05) is 6.54 Å². The molecule has 1 saturated heterocycles. The molecule has 1 aliphatic heterocycles. The van der Waals surface area contributed by atoms with Gasteiger partial charge in [-0.1, -0.05) is 42.5 Å². The average Bonchev–Trinajstić information content (AvgIpc) is 2.61. The summed E-state index contributed by atoms with van der Waals surface area (Å²) in [4.78, 5) is 0. The van der Waals surface area contributed by atoms with Crippen molar-refractivity contribution in [2.75, 3.05) is 13.1 Å². The number of hydrogen-bond acceptors (Lipinski definition) is 3. The Kier molecular flexibility index (Phi) is 5.42. The second-order valence-corrected chi connectivity index (χ2v) is 6.19. The maximum absolute atomic E-state index is 8.95. The SMILES string of the molecule is N#Cc1cccc(CO[C@H]2CNCC(Cc3ccccc3)C2)c1. The minimum atomic E-state index is 0.239. The highest BCUT2D eigenvalue weighted by atomic mass is 16.5. The Hall–Kier alpha value is -2.15. The van der Waals surface area contributed by atoms with E-state index in [9.17, 15) is 0 Å². The summed E-state index contributed by atoms with van der Waals surface area (Å²) in [6.45, 7) is 2.53. The number of nitrogens with one attached hydrogen (secondary N) is 1. The van der Waals surface area contributed by atoms with E-state index in [0.717, 1.165) is 31.5 Å². The molecule has 3 nitrogen and oxygen atoms in total. The van der Waals surface area contributed by atoms with E-state index in [1.165, 1.54) is 5.56 Å². The second-order valence-electron chi connectivity index (χ2n) is 6.19. The number of piperidine rings is 1. The third-order valence-corrected chi connectivity index (χ3v) is 4.31. The van der Waals surface area contributed by atoms with Crippen molar-refractivity contribution in [1.82, 2.24) is 5.32 Å². The van der Waals surface area contributed by atoms with Crippen LogP contribution in [0.5, 0.6) is 0 Å². The maximum Gasteiger partial charge on any atom is 0.0991 e. The minimum absolute atomic E-state index is 0.239. The Morgan fingerprint density at radius 1 is 1.04 bits per heavy atom. The van der Waals surface area contributed by atoms with Crippen LogP contribution in [0, 0.1) is 17.2 Å². The molecule has 23 heavy (non-hydrogen) atoms. The molecule has 0 amide bonds. The van der Waals surface area contributed by atoms with E-state index >= 15 is 0 Å². The van der Waals surface area contributed by atoms with Crippen LogP contribution < -0.4 is 5.32 Å². The van der Waals surface area contributed by atoms with Crippen molar-refractivity contribution in [3.8, 4) is 6.07 Å². The van der Waals surface area contributed by atoms with Crippen LogP contribution in [0.4, 0.5) is 0 Å². The van der Waals surface area contributed by atoms with E-state index in [-0.39, 0.29) is 6.10 Å². The largest absolute Gasteiger partial charge is 0.372 e. The summed E-state index contributed by atoms with van der Waals surface area (Å²) in [5.41, 5.74) is 3.14. The molecular weight excluding hydrogens is 284 g/mol. The van der Waals surface area contributed by atoms with Crippen LogP contribution in [0.1, 0.15) is 23.1 Å². The topological polar surface area (TPSA) is 45.0 Å². The summed E-state index contributed by atoms with van der Waals surface area (Å²) < 4.78 is 6.06. The van der Waals surface area contributed by atoms with Gasteiger partial charge in [0.15, 0.2) is 0 Å². The molecular formula is C20H22N2O. The van der Waals surface area contributed by atoms with Gasteiger partial charge in [-0.25, -0.2) is 0 Å². The molecule has 1 fully saturated rings. The molecule has 1 heterocycles. The van der Waals surface area contributed by atoms with Gasteiger partial charge >= 0.3 is 0 Å². The summed E-state index contributed by atoms with van der Waals surface area (Å²) in [7, 11) is 0. The van der Waals surface area contributed by atoms with Gasteiger partial charge in [-0.05, 0) is 48.6 Å². The number of benzene rings is 2. The smallest absolute Gasteiger partial charge is 0.0991 e. The van der Waals surface area contributed by atoms with E-state index in [1.54, 1.807) is 0 Å². The molecule has 0 aromatic heterocycles. The summed E-state index contributed by atoms with van der Waals surface area (Å²) in [6.07, 6.45) is 2.42. The molecule has 1 aliphatic rings. The Bertz CT molecular complexity index is 663.